The van der Waals surface area contributed by atoms with Gasteiger partial charge < -0.3 is 4.74 Å². The standard InChI is InChI=1S/C14H16N2O2S/c1-8-3-4-10-11(5-8)19-14-12(10)13(15-7-16-14)18-6-9(2)17/h7-8H,3-6H2,1-2H3/t8-/m0/s1. The highest BCUT2D eigenvalue weighted by atomic mass is 32.1. The number of ketones is 1. The van der Waals surface area contributed by atoms with Crippen LogP contribution in [0.15, 0.2) is 6.33 Å². The van der Waals surface area contributed by atoms with Gasteiger partial charge >= 0.3 is 0 Å². The third-order valence-corrected chi connectivity index (χ3v) is 4.63. The Bertz CT molecular complexity index is 636. The number of carbonyl (C=O) groups excluding carboxylic acids is 1. The lowest BCUT2D eigenvalue weighted by atomic mass is 9.89. The molecule has 4 nitrogen and oxygen atoms in total. The molecule has 1 aliphatic carbocycles. The van der Waals surface area contributed by atoms with E-state index >= 15 is 0 Å². The maximum absolute atomic E-state index is 11.1. The topological polar surface area (TPSA) is 52.1 Å². The summed E-state index contributed by atoms with van der Waals surface area (Å²) in [4.78, 5) is 22.0. The lowest BCUT2D eigenvalue weighted by molar-refractivity contribution is -0.118. The van der Waals surface area contributed by atoms with Crippen LogP contribution in [0.1, 0.15) is 30.7 Å². The molecule has 0 aromatic carbocycles. The van der Waals surface area contributed by atoms with E-state index in [0.717, 1.165) is 29.0 Å². The molecule has 0 saturated heterocycles. The van der Waals surface area contributed by atoms with Gasteiger partial charge in [-0.3, -0.25) is 4.79 Å². The molecule has 0 saturated carbocycles. The molecule has 2 aromatic heterocycles. The van der Waals surface area contributed by atoms with Crippen LogP contribution in [0.25, 0.3) is 10.2 Å². The van der Waals surface area contributed by atoms with E-state index in [0.29, 0.717) is 5.88 Å². The molecule has 2 heterocycles. The summed E-state index contributed by atoms with van der Waals surface area (Å²) in [6.07, 6.45) is 4.88. The highest BCUT2D eigenvalue weighted by Gasteiger charge is 2.23. The molecule has 2 aromatic rings. The number of hydrogen-bond donors (Lipinski definition) is 0. The minimum Gasteiger partial charge on any atom is -0.469 e. The Labute approximate surface area is 115 Å². The van der Waals surface area contributed by atoms with Crippen LogP contribution < -0.4 is 4.74 Å². The number of rotatable bonds is 3. The van der Waals surface area contributed by atoms with Crippen LogP contribution in [0.5, 0.6) is 5.88 Å². The molecule has 5 heteroatoms. The van der Waals surface area contributed by atoms with Crippen molar-refractivity contribution in [2.24, 2.45) is 5.92 Å². The second kappa shape index (κ2) is 4.89. The van der Waals surface area contributed by atoms with Crippen molar-refractivity contribution in [3.05, 3.63) is 16.8 Å². The molecular formula is C14H16N2O2S. The number of ether oxygens (including phenoxy) is 1. The largest absolute Gasteiger partial charge is 0.469 e. The molecule has 0 radical (unpaired) electrons. The number of hydrogen-bond acceptors (Lipinski definition) is 5. The number of carbonyl (C=O) groups is 1. The lowest BCUT2D eigenvalue weighted by Gasteiger charge is -2.18. The fourth-order valence-electron chi connectivity index (χ4n) is 2.53. The van der Waals surface area contributed by atoms with E-state index in [-0.39, 0.29) is 12.4 Å². The first-order chi connectivity index (χ1) is 9.15. The third-order valence-electron chi connectivity index (χ3n) is 3.47. The molecule has 0 N–H and O–H groups in total. The molecule has 0 fully saturated rings. The minimum absolute atomic E-state index is 0.00415. The third kappa shape index (κ3) is 2.34. The van der Waals surface area contributed by atoms with Crippen LogP contribution in [-0.2, 0) is 17.6 Å². The number of nitrogens with zero attached hydrogens (tertiary/aromatic N) is 2. The van der Waals surface area contributed by atoms with Crippen molar-refractivity contribution in [2.45, 2.75) is 33.1 Å². The van der Waals surface area contributed by atoms with Gasteiger partial charge in [-0.1, -0.05) is 6.92 Å². The van der Waals surface area contributed by atoms with Crippen LogP contribution in [-0.4, -0.2) is 22.4 Å². The first kappa shape index (κ1) is 12.5. The average molecular weight is 276 g/mol. The summed E-state index contributed by atoms with van der Waals surface area (Å²) in [6, 6.07) is 0. The van der Waals surface area contributed by atoms with Gasteiger partial charge in [0.05, 0.1) is 5.39 Å². The van der Waals surface area contributed by atoms with E-state index in [2.05, 4.69) is 16.9 Å². The van der Waals surface area contributed by atoms with E-state index in [1.165, 1.54) is 30.1 Å². The maximum Gasteiger partial charge on any atom is 0.226 e. The van der Waals surface area contributed by atoms with E-state index in [1.807, 2.05) is 0 Å². The molecule has 0 spiro atoms. The Balaban J connectivity index is 2.06. The van der Waals surface area contributed by atoms with Crippen molar-refractivity contribution in [1.29, 1.82) is 0 Å². The van der Waals surface area contributed by atoms with Crippen LogP contribution in [0.3, 0.4) is 0 Å². The van der Waals surface area contributed by atoms with E-state index in [4.69, 9.17) is 4.74 Å². The van der Waals surface area contributed by atoms with E-state index < -0.39 is 0 Å². The predicted molar refractivity (Wildman–Crippen MR) is 74.8 cm³/mol. The van der Waals surface area contributed by atoms with Gasteiger partial charge in [0.1, 0.15) is 17.8 Å². The summed E-state index contributed by atoms with van der Waals surface area (Å²) in [6.45, 7) is 3.88. The zero-order valence-corrected chi connectivity index (χ0v) is 11.9. The van der Waals surface area contributed by atoms with Gasteiger partial charge in [0.25, 0.3) is 0 Å². The maximum atomic E-state index is 11.1. The fraction of sp³-hybridized carbons (Fsp3) is 0.500. The van der Waals surface area contributed by atoms with Gasteiger partial charge in [0, 0.05) is 4.88 Å². The Kier molecular flexibility index (Phi) is 3.22. The number of fused-ring (bicyclic) bond motifs is 3. The zero-order chi connectivity index (χ0) is 13.4. The average Bonchev–Trinajstić information content (AvgIpc) is 2.73. The highest BCUT2D eigenvalue weighted by Crippen LogP contribution is 2.40. The van der Waals surface area contributed by atoms with Crippen LogP contribution in [0, 0.1) is 5.92 Å². The van der Waals surface area contributed by atoms with Gasteiger partial charge in [-0.25, -0.2) is 9.97 Å². The second-order valence-electron chi connectivity index (χ2n) is 5.20. The molecule has 0 aliphatic heterocycles. The molecule has 0 unspecified atom stereocenters. The first-order valence-electron chi connectivity index (χ1n) is 6.52. The number of aromatic nitrogens is 2. The molecule has 3 rings (SSSR count). The van der Waals surface area contributed by atoms with E-state index in [1.54, 1.807) is 11.3 Å². The predicted octanol–water partition coefficient (Wildman–Crippen LogP) is 2.78. The molecule has 1 aliphatic rings. The van der Waals surface area contributed by atoms with Crippen molar-refractivity contribution in [1.82, 2.24) is 9.97 Å². The van der Waals surface area contributed by atoms with Crippen molar-refractivity contribution in [3.63, 3.8) is 0 Å². The lowest BCUT2D eigenvalue weighted by Crippen LogP contribution is -2.10. The van der Waals surface area contributed by atoms with Crippen molar-refractivity contribution >= 4 is 27.3 Å². The van der Waals surface area contributed by atoms with E-state index in [9.17, 15) is 4.79 Å². The quantitative estimate of drug-likeness (QED) is 0.865. The smallest absolute Gasteiger partial charge is 0.226 e. The summed E-state index contributed by atoms with van der Waals surface area (Å²) in [7, 11) is 0. The Morgan fingerprint density at radius 2 is 2.37 bits per heavy atom. The summed E-state index contributed by atoms with van der Waals surface area (Å²) in [5.74, 6) is 1.30. The van der Waals surface area contributed by atoms with Gasteiger partial charge in [-0.05, 0) is 37.7 Å². The summed E-state index contributed by atoms with van der Waals surface area (Å²) in [5.41, 5.74) is 1.33. The van der Waals surface area contributed by atoms with Crippen molar-refractivity contribution < 1.29 is 9.53 Å². The van der Waals surface area contributed by atoms with Crippen LogP contribution >= 0.6 is 11.3 Å². The normalized spacial score (nSPS) is 18.3. The van der Waals surface area contributed by atoms with Gasteiger partial charge in [0.2, 0.25) is 5.88 Å². The molecular weight excluding hydrogens is 260 g/mol. The summed E-state index contributed by atoms with van der Waals surface area (Å²) in [5, 5.41) is 1.02. The summed E-state index contributed by atoms with van der Waals surface area (Å²) < 4.78 is 5.54. The minimum atomic E-state index is 0.00415. The van der Waals surface area contributed by atoms with Crippen LogP contribution in [0.4, 0.5) is 0 Å². The second-order valence-corrected chi connectivity index (χ2v) is 6.29. The first-order valence-corrected chi connectivity index (χ1v) is 7.34. The van der Waals surface area contributed by atoms with Crippen LogP contribution in [0.2, 0.25) is 0 Å². The number of aryl methyl sites for hydroxylation is 1. The number of thiophene rings is 1. The SMILES string of the molecule is CC(=O)COc1ncnc2sc3c(c12)CC[C@H](C)C3. The summed E-state index contributed by atoms with van der Waals surface area (Å²) >= 11 is 1.74. The molecule has 0 bridgehead atoms. The van der Waals surface area contributed by atoms with Crippen molar-refractivity contribution in [2.75, 3.05) is 6.61 Å². The van der Waals surface area contributed by atoms with Crippen molar-refractivity contribution in [3.8, 4) is 5.88 Å². The molecule has 1 atom stereocenters. The zero-order valence-electron chi connectivity index (χ0n) is 11.1. The highest BCUT2D eigenvalue weighted by molar-refractivity contribution is 7.18. The fourth-order valence-corrected chi connectivity index (χ4v) is 3.87. The Morgan fingerprint density at radius 1 is 1.53 bits per heavy atom. The molecule has 19 heavy (non-hydrogen) atoms. The molecule has 0 amide bonds. The van der Waals surface area contributed by atoms with Gasteiger partial charge in [-0.2, -0.15) is 0 Å². The Hall–Kier alpha value is -1.49. The number of Topliss-reactive ketones (excluding diaryl/α,β-unsaturated/α-hetero) is 1. The van der Waals surface area contributed by atoms with Gasteiger partial charge in [-0.15, -0.1) is 11.3 Å². The Morgan fingerprint density at radius 3 is 3.16 bits per heavy atom. The van der Waals surface area contributed by atoms with Gasteiger partial charge in [0.15, 0.2) is 5.78 Å². The molecule has 100 valence electrons. The monoisotopic (exact) mass is 276 g/mol.